The van der Waals surface area contributed by atoms with Crippen LogP contribution in [0.3, 0.4) is 0 Å². The Kier molecular flexibility index (Phi) is 7.78. The van der Waals surface area contributed by atoms with Gasteiger partial charge in [-0.1, -0.05) is 55.3 Å². The standard InChI is InChI=1S/C20H29N3O3/c1-14(2)17(24)13-18(25)21-12-6-4-5-7-19-22-20(23-26-19)16-10-8-15(3)9-11-16/h8-11,14,17,24H,4-7,12-13H2,1-3H3,(H,21,25)/t17-/m0/s1. The van der Waals surface area contributed by atoms with Crippen molar-refractivity contribution in [3.8, 4) is 11.4 Å². The largest absolute Gasteiger partial charge is 0.392 e. The number of nitrogens with one attached hydrogen (secondary N) is 1. The van der Waals surface area contributed by atoms with Crippen molar-refractivity contribution in [2.75, 3.05) is 6.54 Å². The molecule has 1 aromatic carbocycles. The molecule has 142 valence electrons. The number of nitrogens with zero attached hydrogens (tertiary/aromatic N) is 2. The van der Waals surface area contributed by atoms with E-state index in [9.17, 15) is 9.90 Å². The van der Waals surface area contributed by atoms with E-state index >= 15 is 0 Å². The summed E-state index contributed by atoms with van der Waals surface area (Å²) in [6.07, 6.45) is 3.12. The summed E-state index contributed by atoms with van der Waals surface area (Å²) in [4.78, 5) is 16.1. The van der Waals surface area contributed by atoms with Crippen LogP contribution >= 0.6 is 0 Å². The molecule has 0 saturated carbocycles. The number of aromatic nitrogens is 2. The molecule has 2 aromatic rings. The smallest absolute Gasteiger partial charge is 0.226 e. The van der Waals surface area contributed by atoms with Crippen LogP contribution in [-0.4, -0.2) is 33.8 Å². The van der Waals surface area contributed by atoms with Crippen molar-refractivity contribution in [3.05, 3.63) is 35.7 Å². The van der Waals surface area contributed by atoms with Crippen LogP contribution in [0.15, 0.2) is 28.8 Å². The minimum Gasteiger partial charge on any atom is -0.392 e. The normalized spacial score (nSPS) is 12.3. The summed E-state index contributed by atoms with van der Waals surface area (Å²) in [5, 5.41) is 16.6. The third-order valence-corrected chi connectivity index (χ3v) is 4.33. The molecule has 1 aromatic heterocycles. The number of carbonyl (C=O) groups is 1. The molecule has 2 rings (SSSR count). The molecule has 6 nitrogen and oxygen atoms in total. The fourth-order valence-corrected chi connectivity index (χ4v) is 2.48. The summed E-state index contributed by atoms with van der Waals surface area (Å²) < 4.78 is 5.30. The van der Waals surface area contributed by atoms with Gasteiger partial charge in [-0.2, -0.15) is 4.98 Å². The molecule has 0 saturated heterocycles. The molecule has 6 heteroatoms. The Hall–Kier alpha value is -2.21. The summed E-state index contributed by atoms with van der Waals surface area (Å²) in [7, 11) is 0. The van der Waals surface area contributed by atoms with Crippen LogP contribution in [0, 0.1) is 12.8 Å². The monoisotopic (exact) mass is 359 g/mol. The fourth-order valence-electron chi connectivity index (χ4n) is 2.48. The predicted octanol–water partition coefficient (Wildman–Crippen LogP) is 3.28. The molecule has 1 atom stereocenters. The van der Waals surface area contributed by atoms with Gasteiger partial charge in [-0.3, -0.25) is 4.79 Å². The molecule has 1 amide bonds. The number of aliphatic hydroxyl groups excluding tert-OH is 1. The van der Waals surface area contributed by atoms with E-state index in [2.05, 4.69) is 15.5 Å². The van der Waals surface area contributed by atoms with Gasteiger partial charge >= 0.3 is 0 Å². The molecule has 2 N–H and O–H groups in total. The van der Waals surface area contributed by atoms with Gasteiger partial charge in [0.2, 0.25) is 17.6 Å². The van der Waals surface area contributed by atoms with Crippen molar-refractivity contribution in [1.29, 1.82) is 0 Å². The van der Waals surface area contributed by atoms with Crippen LogP contribution in [0.4, 0.5) is 0 Å². The maximum atomic E-state index is 11.7. The molecular formula is C20H29N3O3. The van der Waals surface area contributed by atoms with Gasteiger partial charge in [0, 0.05) is 18.5 Å². The van der Waals surface area contributed by atoms with E-state index in [0.717, 1.165) is 31.2 Å². The van der Waals surface area contributed by atoms with Gasteiger partial charge in [0.05, 0.1) is 12.5 Å². The Morgan fingerprint density at radius 2 is 1.92 bits per heavy atom. The topological polar surface area (TPSA) is 88.2 Å². The number of aryl methyl sites for hydroxylation is 2. The molecule has 0 aliphatic heterocycles. The summed E-state index contributed by atoms with van der Waals surface area (Å²) in [6, 6.07) is 8.03. The Labute approximate surface area is 155 Å². The Balaban J connectivity index is 1.62. The highest BCUT2D eigenvalue weighted by molar-refractivity contribution is 5.76. The number of hydrogen-bond donors (Lipinski definition) is 2. The highest BCUT2D eigenvalue weighted by atomic mass is 16.5. The number of amides is 1. The van der Waals surface area contributed by atoms with E-state index in [0.29, 0.717) is 18.3 Å². The lowest BCUT2D eigenvalue weighted by Gasteiger charge is -2.13. The zero-order chi connectivity index (χ0) is 18.9. The second kappa shape index (κ2) is 10.1. The van der Waals surface area contributed by atoms with Crippen molar-refractivity contribution < 1.29 is 14.4 Å². The Morgan fingerprint density at radius 3 is 2.62 bits per heavy atom. The fraction of sp³-hybridized carbons (Fsp3) is 0.550. The first-order valence-corrected chi connectivity index (χ1v) is 9.30. The van der Waals surface area contributed by atoms with Crippen molar-refractivity contribution in [1.82, 2.24) is 15.5 Å². The van der Waals surface area contributed by atoms with E-state index in [1.807, 2.05) is 45.0 Å². The van der Waals surface area contributed by atoms with Crippen LogP contribution in [0.5, 0.6) is 0 Å². The van der Waals surface area contributed by atoms with E-state index in [1.54, 1.807) is 0 Å². The first-order chi connectivity index (χ1) is 12.5. The zero-order valence-electron chi connectivity index (χ0n) is 15.9. The SMILES string of the molecule is Cc1ccc(-c2noc(CCCCCNC(=O)C[C@H](O)C(C)C)n2)cc1. The van der Waals surface area contributed by atoms with Crippen molar-refractivity contribution >= 4 is 5.91 Å². The molecular weight excluding hydrogens is 330 g/mol. The lowest BCUT2D eigenvalue weighted by Crippen LogP contribution is -2.30. The molecule has 0 unspecified atom stereocenters. The lowest BCUT2D eigenvalue weighted by atomic mass is 10.0. The Bertz CT molecular complexity index is 680. The second-order valence-corrected chi connectivity index (χ2v) is 7.05. The van der Waals surface area contributed by atoms with Crippen LogP contribution in [0.1, 0.15) is 51.0 Å². The molecule has 26 heavy (non-hydrogen) atoms. The van der Waals surface area contributed by atoms with Crippen LogP contribution in [0.25, 0.3) is 11.4 Å². The number of benzene rings is 1. The number of unbranched alkanes of at least 4 members (excludes halogenated alkanes) is 2. The van der Waals surface area contributed by atoms with E-state index in [1.165, 1.54) is 5.56 Å². The van der Waals surface area contributed by atoms with E-state index < -0.39 is 6.10 Å². The number of carbonyl (C=O) groups excluding carboxylic acids is 1. The minimum atomic E-state index is -0.574. The highest BCUT2D eigenvalue weighted by Gasteiger charge is 2.13. The molecule has 0 bridgehead atoms. The summed E-state index contributed by atoms with van der Waals surface area (Å²) >= 11 is 0. The van der Waals surface area contributed by atoms with Crippen LogP contribution < -0.4 is 5.32 Å². The van der Waals surface area contributed by atoms with Gasteiger partial charge in [0.1, 0.15) is 0 Å². The number of rotatable bonds is 10. The highest BCUT2D eigenvalue weighted by Crippen LogP contribution is 2.17. The molecule has 1 heterocycles. The van der Waals surface area contributed by atoms with Gasteiger partial charge in [-0.05, 0) is 25.7 Å². The van der Waals surface area contributed by atoms with Crippen molar-refractivity contribution in [2.45, 2.75) is 59.0 Å². The zero-order valence-corrected chi connectivity index (χ0v) is 15.9. The molecule has 0 spiro atoms. The number of hydrogen-bond acceptors (Lipinski definition) is 5. The Morgan fingerprint density at radius 1 is 1.19 bits per heavy atom. The predicted molar refractivity (Wildman–Crippen MR) is 100 cm³/mol. The molecule has 0 radical (unpaired) electrons. The minimum absolute atomic E-state index is 0.0918. The van der Waals surface area contributed by atoms with Crippen molar-refractivity contribution in [3.63, 3.8) is 0 Å². The van der Waals surface area contributed by atoms with Gasteiger partial charge in [0.15, 0.2) is 0 Å². The average Bonchev–Trinajstić information content (AvgIpc) is 3.07. The third kappa shape index (κ3) is 6.59. The van der Waals surface area contributed by atoms with Gasteiger partial charge in [-0.25, -0.2) is 0 Å². The van der Waals surface area contributed by atoms with E-state index in [-0.39, 0.29) is 18.2 Å². The quantitative estimate of drug-likeness (QED) is 0.636. The maximum absolute atomic E-state index is 11.7. The third-order valence-electron chi connectivity index (χ3n) is 4.33. The molecule has 0 aliphatic rings. The summed E-state index contributed by atoms with van der Waals surface area (Å²) in [6.45, 7) is 6.47. The lowest BCUT2D eigenvalue weighted by molar-refractivity contribution is -0.123. The second-order valence-electron chi connectivity index (χ2n) is 7.05. The van der Waals surface area contributed by atoms with Gasteiger partial charge in [0.25, 0.3) is 0 Å². The molecule has 0 aliphatic carbocycles. The maximum Gasteiger partial charge on any atom is 0.226 e. The first-order valence-electron chi connectivity index (χ1n) is 9.30. The number of aliphatic hydroxyl groups is 1. The van der Waals surface area contributed by atoms with Gasteiger partial charge in [-0.15, -0.1) is 0 Å². The average molecular weight is 359 g/mol. The van der Waals surface area contributed by atoms with E-state index in [4.69, 9.17) is 4.52 Å². The van der Waals surface area contributed by atoms with Crippen molar-refractivity contribution in [2.24, 2.45) is 5.92 Å². The summed E-state index contributed by atoms with van der Waals surface area (Å²) in [5.41, 5.74) is 2.15. The summed E-state index contributed by atoms with van der Waals surface area (Å²) in [5.74, 6) is 1.27. The molecule has 0 fully saturated rings. The van der Waals surface area contributed by atoms with Crippen LogP contribution in [0.2, 0.25) is 0 Å². The van der Waals surface area contributed by atoms with Crippen LogP contribution in [-0.2, 0) is 11.2 Å². The first kappa shape index (κ1) is 20.1. The van der Waals surface area contributed by atoms with Gasteiger partial charge < -0.3 is 14.9 Å².